The molecule has 0 unspecified atom stereocenters. The molecule has 0 radical (unpaired) electrons. The summed E-state index contributed by atoms with van der Waals surface area (Å²) in [6.07, 6.45) is 2.75. The van der Waals surface area contributed by atoms with Crippen LogP contribution >= 0.6 is 11.6 Å². The van der Waals surface area contributed by atoms with E-state index in [0.717, 1.165) is 11.8 Å². The van der Waals surface area contributed by atoms with E-state index >= 15 is 0 Å². The minimum absolute atomic E-state index is 0.0425. The van der Waals surface area contributed by atoms with Crippen LogP contribution in [0.1, 0.15) is 17.7 Å². The number of halogens is 2. The maximum absolute atomic E-state index is 13.0. The van der Waals surface area contributed by atoms with Crippen LogP contribution in [0.4, 0.5) is 15.9 Å². The second kappa shape index (κ2) is 8.17. The number of carbonyl (C=O) groups is 1. The van der Waals surface area contributed by atoms with Gasteiger partial charge >= 0.3 is 5.69 Å². The molecule has 11 heteroatoms. The van der Waals surface area contributed by atoms with E-state index in [0.29, 0.717) is 12.2 Å². The molecule has 0 bridgehead atoms. The topological polar surface area (TPSA) is 108 Å². The summed E-state index contributed by atoms with van der Waals surface area (Å²) in [5.74, 6) is -0.476. The Balaban J connectivity index is 1.59. The van der Waals surface area contributed by atoms with Crippen LogP contribution in [0.5, 0.6) is 0 Å². The van der Waals surface area contributed by atoms with E-state index in [1.54, 1.807) is 25.3 Å². The number of rotatable bonds is 7. The highest BCUT2D eigenvalue weighted by Crippen LogP contribution is 2.21. The number of hydrogen-bond donors (Lipinski definition) is 1. The van der Waals surface area contributed by atoms with Gasteiger partial charge in [-0.15, -0.1) is 0 Å². The van der Waals surface area contributed by atoms with Gasteiger partial charge in [0.05, 0.1) is 18.0 Å². The Morgan fingerprint density at radius 2 is 2.07 bits per heavy atom. The lowest BCUT2D eigenvalue weighted by molar-refractivity contribution is -0.385. The summed E-state index contributed by atoms with van der Waals surface area (Å²) in [5, 5.41) is 21.8. The molecule has 3 rings (SSSR count). The van der Waals surface area contributed by atoms with Crippen molar-refractivity contribution in [3.8, 4) is 0 Å². The van der Waals surface area contributed by atoms with Crippen molar-refractivity contribution in [2.24, 2.45) is 0 Å². The first kappa shape index (κ1) is 19.5. The number of nitrogens with zero attached hydrogens (tertiary/aromatic N) is 5. The monoisotopic (exact) mass is 406 g/mol. The van der Waals surface area contributed by atoms with Crippen LogP contribution in [0.3, 0.4) is 0 Å². The molecule has 0 saturated heterocycles. The van der Waals surface area contributed by atoms with Crippen LogP contribution in [0.25, 0.3) is 0 Å². The number of nitro groups is 1. The number of benzene rings is 1. The number of hydrogen-bond acceptors (Lipinski definition) is 5. The third kappa shape index (κ3) is 4.52. The first-order valence-corrected chi connectivity index (χ1v) is 8.65. The molecular weight excluding hydrogens is 391 g/mol. The minimum atomic E-state index is -0.521. The first-order chi connectivity index (χ1) is 13.3. The Hall–Kier alpha value is -3.27. The summed E-state index contributed by atoms with van der Waals surface area (Å²) >= 11 is 6.11. The van der Waals surface area contributed by atoms with Crippen molar-refractivity contribution in [3.63, 3.8) is 0 Å². The van der Waals surface area contributed by atoms with Gasteiger partial charge in [0.25, 0.3) is 0 Å². The largest absolute Gasteiger partial charge is 0.309 e. The maximum Gasteiger partial charge on any atom is 0.309 e. The zero-order valence-corrected chi connectivity index (χ0v) is 15.6. The Kier molecular flexibility index (Phi) is 5.69. The van der Waals surface area contributed by atoms with Gasteiger partial charge in [-0.2, -0.15) is 10.2 Å². The van der Waals surface area contributed by atoms with Gasteiger partial charge in [0.15, 0.2) is 5.82 Å². The zero-order valence-electron chi connectivity index (χ0n) is 14.8. The molecule has 0 fully saturated rings. The molecule has 0 aliphatic rings. The Labute approximate surface area is 163 Å². The van der Waals surface area contributed by atoms with Crippen molar-refractivity contribution in [1.29, 1.82) is 0 Å². The maximum atomic E-state index is 13.0. The van der Waals surface area contributed by atoms with Gasteiger partial charge < -0.3 is 5.32 Å². The highest BCUT2D eigenvalue weighted by atomic mass is 35.5. The van der Waals surface area contributed by atoms with E-state index in [1.807, 2.05) is 0 Å². The normalized spacial score (nSPS) is 10.8. The predicted molar refractivity (Wildman–Crippen MR) is 99.6 cm³/mol. The molecule has 1 aromatic carbocycles. The van der Waals surface area contributed by atoms with Gasteiger partial charge in [-0.05, 0) is 24.6 Å². The van der Waals surface area contributed by atoms with Crippen LogP contribution in [0, 0.1) is 22.9 Å². The number of aromatic nitrogens is 4. The van der Waals surface area contributed by atoms with Gasteiger partial charge in [0.1, 0.15) is 22.7 Å². The van der Waals surface area contributed by atoms with Crippen molar-refractivity contribution in [2.75, 3.05) is 5.32 Å². The lowest BCUT2D eigenvalue weighted by Crippen LogP contribution is -2.16. The molecule has 2 heterocycles. The third-order valence-electron chi connectivity index (χ3n) is 4.06. The number of carbonyl (C=O) groups excluding carboxylic acids is 1. The van der Waals surface area contributed by atoms with E-state index in [9.17, 15) is 19.3 Å². The molecule has 9 nitrogen and oxygen atoms in total. The lowest BCUT2D eigenvalue weighted by Gasteiger charge is -2.05. The fourth-order valence-electron chi connectivity index (χ4n) is 2.58. The summed E-state index contributed by atoms with van der Waals surface area (Å²) in [6, 6.07) is 5.97. The second-order valence-electron chi connectivity index (χ2n) is 6.04. The SMILES string of the molecule is Cc1c([N+](=O)[O-])cnn1CCC(=O)Nc1nn(Cc2ccc(F)cc2)cc1Cl. The van der Waals surface area contributed by atoms with Crippen molar-refractivity contribution in [1.82, 2.24) is 19.6 Å². The summed E-state index contributed by atoms with van der Waals surface area (Å²) in [4.78, 5) is 22.5. The molecule has 0 aliphatic carbocycles. The third-order valence-corrected chi connectivity index (χ3v) is 4.33. The standard InChI is InChI=1S/C17H16ClFN6O3/c1-11-15(25(27)28)8-20-24(11)7-6-16(26)21-17-14(18)10-23(22-17)9-12-2-4-13(19)5-3-12/h2-5,8,10H,6-7,9H2,1H3,(H,21,22,26). The first-order valence-electron chi connectivity index (χ1n) is 8.27. The van der Waals surface area contributed by atoms with Crippen LogP contribution in [0.2, 0.25) is 5.02 Å². The Morgan fingerprint density at radius 3 is 2.71 bits per heavy atom. The number of nitrogens with one attached hydrogen (secondary N) is 1. The summed E-state index contributed by atoms with van der Waals surface area (Å²) in [5.41, 5.74) is 1.11. The molecule has 1 N–H and O–H groups in total. The lowest BCUT2D eigenvalue weighted by atomic mass is 10.2. The molecule has 0 saturated carbocycles. The van der Waals surface area contributed by atoms with E-state index in [2.05, 4.69) is 15.5 Å². The minimum Gasteiger partial charge on any atom is -0.308 e. The van der Waals surface area contributed by atoms with Crippen LogP contribution in [0.15, 0.2) is 36.7 Å². The summed E-state index contributed by atoms with van der Waals surface area (Å²) in [7, 11) is 0. The second-order valence-corrected chi connectivity index (χ2v) is 6.45. The molecule has 0 aliphatic heterocycles. The number of aryl methyl sites for hydroxylation is 1. The molecule has 146 valence electrons. The van der Waals surface area contributed by atoms with E-state index < -0.39 is 4.92 Å². The van der Waals surface area contributed by atoms with Gasteiger partial charge in [0, 0.05) is 12.6 Å². The van der Waals surface area contributed by atoms with Gasteiger partial charge in [-0.1, -0.05) is 23.7 Å². The van der Waals surface area contributed by atoms with Crippen molar-refractivity contribution in [2.45, 2.75) is 26.4 Å². The average molecular weight is 407 g/mol. The van der Waals surface area contributed by atoms with Crippen molar-refractivity contribution in [3.05, 3.63) is 68.9 Å². The summed E-state index contributed by atoms with van der Waals surface area (Å²) in [6.45, 7) is 2.11. The number of amides is 1. The Bertz CT molecular complexity index is 1010. The fourth-order valence-corrected chi connectivity index (χ4v) is 2.78. The summed E-state index contributed by atoms with van der Waals surface area (Å²) < 4.78 is 15.9. The average Bonchev–Trinajstić information content (AvgIpc) is 3.17. The highest BCUT2D eigenvalue weighted by Gasteiger charge is 2.17. The molecule has 28 heavy (non-hydrogen) atoms. The zero-order chi connectivity index (χ0) is 20.3. The van der Waals surface area contributed by atoms with Crippen molar-refractivity contribution >= 4 is 29.0 Å². The number of anilines is 1. The van der Waals surface area contributed by atoms with E-state index in [4.69, 9.17) is 11.6 Å². The van der Waals surface area contributed by atoms with Crippen LogP contribution in [-0.4, -0.2) is 30.4 Å². The molecular formula is C17H16ClFN6O3. The highest BCUT2D eigenvalue weighted by molar-refractivity contribution is 6.33. The molecule has 2 aromatic heterocycles. The fraction of sp³-hybridized carbons (Fsp3) is 0.235. The Morgan fingerprint density at radius 1 is 1.36 bits per heavy atom. The predicted octanol–water partition coefficient (Wildman–Crippen LogP) is 3.17. The quantitative estimate of drug-likeness (QED) is 0.479. The molecule has 1 amide bonds. The van der Waals surface area contributed by atoms with Crippen molar-refractivity contribution < 1.29 is 14.1 Å². The van der Waals surface area contributed by atoms with Gasteiger partial charge in [0.2, 0.25) is 5.91 Å². The van der Waals surface area contributed by atoms with Gasteiger partial charge in [-0.3, -0.25) is 24.3 Å². The van der Waals surface area contributed by atoms with Crippen LogP contribution < -0.4 is 5.32 Å². The van der Waals surface area contributed by atoms with E-state index in [1.165, 1.54) is 21.5 Å². The van der Waals surface area contributed by atoms with Gasteiger partial charge in [-0.25, -0.2) is 4.39 Å². The van der Waals surface area contributed by atoms with Crippen LogP contribution in [-0.2, 0) is 17.9 Å². The van der Waals surface area contributed by atoms with E-state index in [-0.39, 0.29) is 41.2 Å². The smallest absolute Gasteiger partial charge is 0.308 e. The molecule has 0 spiro atoms. The molecule has 3 aromatic rings. The molecule has 0 atom stereocenters.